The van der Waals surface area contributed by atoms with Gasteiger partial charge in [-0.15, -0.1) is 0 Å². The first-order valence-electron chi connectivity index (χ1n) is 6.27. The number of carbonyl (C=O) groups is 1. The van der Waals surface area contributed by atoms with Crippen molar-refractivity contribution in [1.29, 1.82) is 0 Å². The molecule has 98 valence electrons. The van der Waals surface area contributed by atoms with Gasteiger partial charge in [0.1, 0.15) is 5.75 Å². The van der Waals surface area contributed by atoms with E-state index in [0.717, 1.165) is 36.3 Å². The van der Waals surface area contributed by atoms with Gasteiger partial charge in [0.25, 0.3) is 0 Å². The molecule has 0 unspecified atom stereocenters. The van der Waals surface area contributed by atoms with E-state index in [4.69, 9.17) is 10.5 Å². The molecule has 18 heavy (non-hydrogen) atoms. The number of nitrogens with one attached hydrogen (secondary N) is 1. The molecule has 1 aromatic carbocycles. The fourth-order valence-electron chi connectivity index (χ4n) is 2.29. The fraction of sp³-hybridized carbons (Fsp3) is 0.500. The third-order valence-electron chi connectivity index (χ3n) is 3.86. The standard InChI is InChI=1S/C14H20N2O2/c1-10-8-11(18-2)4-5-12(10)16-13(17)14(9-15)6-3-7-14/h4-5,8H,3,6-7,9,15H2,1-2H3,(H,16,17). The summed E-state index contributed by atoms with van der Waals surface area (Å²) in [5.74, 6) is 0.840. The summed E-state index contributed by atoms with van der Waals surface area (Å²) in [5.41, 5.74) is 7.21. The Morgan fingerprint density at radius 1 is 1.50 bits per heavy atom. The Morgan fingerprint density at radius 2 is 2.22 bits per heavy atom. The highest BCUT2D eigenvalue weighted by molar-refractivity contribution is 5.96. The molecule has 3 N–H and O–H groups in total. The summed E-state index contributed by atoms with van der Waals surface area (Å²) >= 11 is 0. The van der Waals surface area contributed by atoms with Crippen LogP contribution in [0.25, 0.3) is 0 Å². The van der Waals surface area contributed by atoms with E-state index in [1.807, 2.05) is 25.1 Å². The monoisotopic (exact) mass is 248 g/mol. The first-order valence-corrected chi connectivity index (χ1v) is 6.27. The summed E-state index contributed by atoms with van der Waals surface area (Å²) in [5, 5.41) is 2.98. The topological polar surface area (TPSA) is 64.3 Å². The molecule has 0 radical (unpaired) electrons. The van der Waals surface area contributed by atoms with Crippen LogP contribution in [0, 0.1) is 12.3 Å². The molecular weight excluding hydrogens is 228 g/mol. The van der Waals surface area contributed by atoms with E-state index in [9.17, 15) is 4.79 Å². The SMILES string of the molecule is COc1ccc(NC(=O)C2(CN)CCC2)c(C)c1. The van der Waals surface area contributed by atoms with Gasteiger partial charge in [-0.1, -0.05) is 6.42 Å². The molecule has 0 spiro atoms. The minimum atomic E-state index is -0.341. The number of amides is 1. The van der Waals surface area contributed by atoms with E-state index in [2.05, 4.69) is 5.32 Å². The van der Waals surface area contributed by atoms with Gasteiger partial charge < -0.3 is 15.8 Å². The van der Waals surface area contributed by atoms with Crippen LogP contribution in [0.15, 0.2) is 18.2 Å². The van der Waals surface area contributed by atoms with E-state index >= 15 is 0 Å². The maximum Gasteiger partial charge on any atom is 0.231 e. The van der Waals surface area contributed by atoms with Crippen LogP contribution in [-0.2, 0) is 4.79 Å². The number of carbonyl (C=O) groups excluding carboxylic acids is 1. The number of hydrogen-bond acceptors (Lipinski definition) is 3. The molecule has 1 aromatic rings. The van der Waals surface area contributed by atoms with Crippen LogP contribution in [0.5, 0.6) is 5.75 Å². The molecule has 0 aromatic heterocycles. The molecular formula is C14H20N2O2. The zero-order valence-electron chi connectivity index (χ0n) is 11.0. The van der Waals surface area contributed by atoms with Gasteiger partial charge in [0, 0.05) is 12.2 Å². The zero-order chi connectivity index (χ0) is 13.2. The maximum atomic E-state index is 12.2. The quantitative estimate of drug-likeness (QED) is 0.857. The number of methoxy groups -OCH3 is 1. The van der Waals surface area contributed by atoms with Crippen LogP contribution in [0.2, 0.25) is 0 Å². The van der Waals surface area contributed by atoms with Crippen LogP contribution >= 0.6 is 0 Å². The third kappa shape index (κ3) is 2.20. The van der Waals surface area contributed by atoms with E-state index < -0.39 is 0 Å². The molecule has 0 saturated heterocycles. The highest BCUT2D eigenvalue weighted by Gasteiger charge is 2.42. The molecule has 1 aliphatic carbocycles. The van der Waals surface area contributed by atoms with Crippen molar-refractivity contribution in [3.05, 3.63) is 23.8 Å². The van der Waals surface area contributed by atoms with Crippen LogP contribution in [0.4, 0.5) is 5.69 Å². The van der Waals surface area contributed by atoms with Crippen LogP contribution in [0.3, 0.4) is 0 Å². The Morgan fingerprint density at radius 3 is 2.67 bits per heavy atom. The van der Waals surface area contributed by atoms with E-state index in [0.29, 0.717) is 6.54 Å². The molecule has 0 atom stereocenters. The van der Waals surface area contributed by atoms with Gasteiger partial charge in [-0.25, -0.2) is 0 Å². The number of anilines is 1. The zero-order valence-corrected chi connectivity index (χ0v) is 11.0. The van der Waals surface area contributed by atoms with Crippen molar-refractivity contribution in [3.63, 3.8) is 0 Å². The Labute approximate surface area is 108 Å². The molecule has 1 saturated carbocycles. The summed E-state index contributed by atoms with van der Waals surface area (Å²) in [4.78, 5) is 12.2. The number of rotatable bonds is 4. The predicted molar refractivity (Wildman–Crippen MR) is 71.7 cm³/mol. The van der Waals surface area contributed by atoms with E-state index in [1.165, 1.54) is 0 Å². The highest BCUT2D eigenvalue weighted by Crippen LogP contribution is 2.41. The van der Waals surface area contributed by atoms with E-state index in [-0.39, 0.29) is 11.3 Å². The lowest BCUT2D eigenvalue weighted by atomic mass is 9.68. The van der Waals surface area contributed by atoms with Crippen molar-refractivity contribution in [2.45, 2.75) is 26.2 Å². The van der Waals surface area contributed by atoms with Gasteiger partial charge in [0.05, 0.1) is 12.5 Å². The largest absolute Gasteiger partial charge is 0.497 e. The second-order valence-electron chi connectivity index (χ2n) is 4.97. The van der Waals surface area contributed by atoms with Gasteiger partial charge in [0.15, 0.2) is 0 Å². The van der Waals surface area contributed by atoms with Crippen molar-refractivity contribution in [1.82, 2.24) is 0 Å². The second-order valence-corrected chi connectivity index (χ2v) is 4.97. The average Bonchev–Trinajstić information content (AvgIpc) is 2.31. The van der Waals surface area contributed by atoms with Gasteiger partial charge in [-0.05, 0) is 43.5 Å². The Kier molecular flexibility index (Phi) is 3.57. The van der Waals surface area contributed by atoms with Gasteiger partial charge in [-0.2, -0.15) is 0 Å². The average molecular weight is 248 g/mol. The molecule has 0 bridgehead atoms. The Hall–Kier alpha value is -1.55. The maximum absolute atomic E-state index is 12.2. The summed E-state index contributed by atoms with van der Waals surface area (Å²) in [6.45, 7) is 2.38. The first-order chi connectivity index (χ1) is 8.61. The summed E-state index contributed by atoms with van der Waals surface area (Å²) in [6.07, 6.45) is 2.88. The number of nitrogens with two attached hydrogens (primary N) is 1. The molecule has 0 aliphatic heterocycles. The van der Waals surface area contributed by atoms with Crippen molar-refractivity contribution in [2.24, 2.45) is 11.1 Å². The summed E-state index contributed by atoms with van der Waals surface area (Å²) in [6, 6.07) is 5.62. The van der Waals surface area contributed by atoms with Crippen molar-refractivity contribution < 1.29 is 9.53 Å². The Balaban J connectivity index is 2.12. The van der Waals surface area contributed by atoms with Crippen LogP contribution < -0.4 is 15.8 Å². The normalized spacial score (nSPS) is 16.8. The lowest BCUT2D eigenvalue weighted by Gasteiger charge is -2.39. The highest BCUT2D eigenvalue weighted by atomic mass is 16.5. The molecule has 4 nitrogen and oxygen atoms in total. The van der Waals surface area contributed by atoms with E-state index in [1.54, 1.807) is 7.11 Å². The van der Waals surface area contributed by atoms with Crippen LogP contribution in [-0.4, -0.2) is 19.6 Å². The molecule has 0 heterocycles. The molecule has 1 aliphatic rings. The fourth-order valence-corrected chi connectivity index (χ4v) is 2.29. The van der Waals surface area contributed by atoms with Crippen LogP contribution in [0.1, 0.15) is 24.8 Å². The third-order valence-corrected chi connectivity index (χ3v) is 3.86. The molecule has 1 fully saturated rings. The molecule has 4 heteroatoms. The number of aryl methyl sites for hydroxylation is 1. The lowest BCUT2D eigenvalue weighted by molar-refractivity contribution is -0.129. The van der Waals surface area contributed by atoms with Crippen molar-refractivity contribution in [2.75, 3.05) is 19.0 Å². The number of hydrogen-bond donors (Lipinski definition) is 2. The minimum absolute atomic E-state index is 0.0458. The molecule has 1 amide bonds. The number of benzene rings is 1. The molecule has 2 rings (SSSR count). The van der Waals surface area contributed by atoms with Crippen molar-refractivity contribution >= 4 is 11.6 Å². The van der Waals surface area contributed by atoms with Gasteiger partial charge in [0.2, 0.25) is 5.91 Å². The second kappa shape index (κ2) is 4.98. The first kappa shape index (κ1) is 12.9. The predicted octanol–water partition coefficient (Wildman–Crippen LogP) is 2.07. The summed E-state index contributed by atoms with van der Waals surface area (Å²) in [7, 11) is 1.63. The number of ether oxygens (including phenoxy) is 1. The van der Waals surface area contributed by atoms with Gasteiger partial charge in [-0.3, -0.25) is 4.79 Å². The van der Waals surface area contributed by atoms with Gasteiger partial charge >= 0.3 is 0 Å². The Bertz CT molecular complexity index is 448. The minimum Gasteiger partial charge on any atom is -0.497 e. The lowest BCUT2D eigenvalue weighted by Crippen LogP contribution is -2.47. The smallest absolute Gasteiger partial charge is 0.231 e. The van der Waals surface area contributed by atoms with Crippen molar-refractivity contribution in [3.8, 4) is 5.75 Å². The summed E-state index contributed by atoms with van der Waals surface area (Å²) < 4.78 is 5.14.